The van der Waals surface area contributed by atoms with Gasteiger partial charge in [0.25, 0.3) is 0 Å². The van der Waals surface area contributed by atoms with E-state index >= 15 is 0 Å². The highest BCUT2D eigenvalue weighted by atomic mass is 19.1. The molecule has 6 nitrogen and oxygen atoms in total. The summed E-state index contributed by atoms with van der Waals surface area (Å²) in [4.78, 5) is 10.6. The van der Waals surface area contributed by atoms with Crippen LogP contribution < -0.4 is 5.32 Å². The van der Waals surface area contributed by atoms with Crippen LogP contribution >= 0.6 is 0 Å². The summed E-state index contributed by atoms with van der Waals surface area (Å²) in [5.74, 6) is 0.504. The van der Waals surface area contributed by atoms with Gasteiger partial charge in [-0.1, -0.05) is 30.3 Å². The number of hydrogen-bond acceptors (Lipinski definition) is 3. The third-order valence-corrected chi connectivity index (χ3v) is 5.36. The van der Waals surface area contributed by atoms with Crippen LogP contribution in [0, 0.1) is 12.7 Å². The topological polar surface area (TPSA) is 54.7 Å². The van der Waals surface area contributed by atoms with E-state index in [0.29, 0.717) is 18.8 Å². The van der Waals surface area contributed by atoms with Crippen molar-refractivity contribution in [2.75, 3.05) is 26.7 Å². The Morgan fingerprint density at radius 3 is 2.90 bits per heavy atom. The minimum absolute atomic E-state index is 0.00501. The van der Waals surface area contributed by atoms with E-state index in [1.54, 1.807) is 42.5 Å². The summed E-state index contributed by atoms with van der Waals surface area (Å²) in [6.07, 6.45) is 4.94. The van der Waals surface area contributed by atoms with E-state index in [-0.39, 0.29) is 11.9 Å². The molecular weight excluding hydrogens is 381 g/mol. The Balaban J connectivity index is 1.41. The number of morpholine rings is 1. The Morgan fingerprint density at radius 2 is 2.17 bits per heavy atom. The van der Waals surface area contributed by atoms with Gasteiger partial charge in [-0.3, -0.25) is 4.99 Å². The fourth-order valence-corrected chi connectivity index (χ4v) is 3.76. The second kappa shape index (κ2) is 9.09. The van der Waals surface area contributed by atoms with Gasteiger partial charge >= 0.3 is 0 Å². The molecule has 1 saturated heterocycles. The van der Waals surface area contributed by atoms with Crippen molar-refractivity contribution < 1.29 is 9.13 Å². The summed E-state index contributed by atoms with van der Waals surface area (Å²) in [6, 6.07) is 13.5. The third kappa shape index (κ3) is 4.36. The SMILES string of the molecule is CN=C(NCc1ccc(-n2ccnc2)c(F)c1)N1CCOC(c2ccccc2C)C1. The molecule has 156 valence electrons. The summed E-state index contributed by atoms with van der Waals surface area (Å²) in [6.45, 7) is 4.70. The second-order valence-electron chi connectivity index (χ2n) is 7.32. The molecule has 0 spiro atoms. The smallest absolute Gasteiger partial charge is 0.194 e. The number of guanidine groups is 1. The molecule has 3 aromatic rings. The first kappa shape index (κ1) is 20.1. The maximum Gasteiger partial charge on any atom is 0.194 e. The molecule has 0 saturated carbocycles. The number of imidazole rings is 1. The molecule has 1 aromatic heterocycles. The number of nitrogens with zero attached hydrogens (tertiary/aromatic N) is 4. The van der Waals surface area contributed by atoms with Crippen LogP contribution in [-0.4, -0.2) is 47.2 Å². The Labute approximate surface area is 176 Å². The zero-order valence-electron chi connectivity index (χ0n) is 17.3. The van der Waals surface area contributed by atoms with Crippen molar-refractivity contribution in [3.05, 3.63) is 83.7 Å². The molecule has 1 aliphatic rings. The molecule has 2 aromatic carbocycles. The highest BCUT2D eigenvalue weighted by Crippen LogP contribution is 2.25. The summed E-state index contributed by atoms with van der Waals surface area (Å²) in [5, 5.41) is 3.36. The predicted octanol–water partition coefficient (Wildman–Crippen LogP) is 3.47. The molecule has 0 radical (unpaired) electrons. The average Bonchev–Trinajstić information content (AvgIpc) is 3.29. The van der Waals surface area contributed by atoms with Crippen LogP contribution in [-0.2, 0) is 11.3 Å². The van der Waals surface area contributed by atoms with E-state index < -0.39 is 0 Å². The fourth-order valence-electron chi connectivity index (χ4n) is 3.76. The lowest BCUT2D eigenvalue weighted by molar-refractivity contribution is -0.00833. The molecule has 1 fully saturated rings. The van der Waals surface area contributed by atoms with Gasteiger partial charge < -0.3 is 19.5 Å². The minimum Gasteiger partial charge on any atom is -0.370 e. The number of hydrogen-bond donors (Lipinski definition) is 1. The van der Waals surface area contributed by atoms with Gasteiger partial charge in [0.2, 0.25) is 0 Å². The minimum atomic E-state index is -0.284. The van der Waals surface area contributed by atoms with Crippen LogP contribution in [0.4, 0.5) is 4.39 Å². The predicted molar refractivity (Wildman–Crippen MR) is 115 cm³/mol. The molecule has 0 aliphatic carbocycles. The van der Waals surface area contributed by atoms with Crippen molar-refractivity contribution in [1.29, 1.82) is 0 Å². The van der Waals surface area contributed by atoms with Crippen molar-refractivity contribution in [1.82, 2.24) is 19.8 Å². The fraction of sp³-hybridized carbons (Fsp3) is 0.304. The summed E-state index contributed by atoms with van der Waals surface area (Å²) in [5.41, 5.74) is 3.76. The van der Waals surface area contributed by atoms with Crippen LogP contribution in [0.3, 0.4) is 0 Å². The maximum atomic E-state index is 14.5. The zero-order valence-corrected chi connectivity index (χ0v) is 17.3. The number of aryl methyl sites for hydroxylation is 1. The van der Waals surface area contributed by atoms with Crippen molar-refractivity contribution in [3.8, 4) is 5.69 Å². The first-order valence-electron chi connectivity index (χ1n) is 10.0. The number of nitrogens with one attached hydrogen (secondary N) is 1. The monoisotopic (exact) mass is 407 g/mol. The molecule has 7 heteroatoms. The first-order valence-corrected chi connectivity index (χ1v) is 10.0. The number of ether oxygens (including phenoxy) is 1. The Morgan fingerprint density at radius 1 is 1.30 bits per heavy atom. The molecule has 0 bridgehead atoms. The van der Waals surface area contributed by atoms with Crippen molar-refractivity contribution in [3.63, 3.8) is 0 Å². The van der Waals surface area contributed by atoms with E-state index in [4.69, 9.17) is 4.74 Å². The van der Waals surface area contributed by atoms with E-state index in [1.807, 2.05) is 18.2 Å². The van der Waals surface area contributed by atoms with Crippen molar-refractivity contribution in [2.45, 2.75) is 19.6 Å². The number of benzene rings is 2. The van der Waals surface area contributed by atoms with E-state index in [0.717, 1.165) is 24.6 Å². The molecule has 0 amide bonds. The number of aromatic nitrogens is 2. The van der Waals surface area contributed by atoms with Gasteiger partial charge in [0.15, 0.2) is 5.96 Å². The van der Waals surface area contributed by atoms with Crippen molar-refractivity contribution in [2.24, 2.45) is 4.99 Å². The van der Waals surface area contributed by atoms with Gasteiger partial charge in [-0.15, -0.1) is 0 Å². The quantitative estimate of drug-likeness (QED) is 0.532. The lowest BCUT2D eigenvalue weighted by Crippen LogP contribution is -2.48. The van der Waals surface area contributed by atoms with Gasteiger partial charge in [-0.05, 0) is 35.7 Å². The van der Waals surface area contributed by atoms with Gasteiger partial charge in [0.1, 0.15) is 11.9 Å². The van der Waals surface area contributed by atoms with Gasteiger partial charge in [0.05, 0.1) is 25.2 Å². The molecule has 2 heterocycles. The molecule has 1 atom stereocenters. The molecular formula is C23H26FN5O. The summed E-state index contributed by atoms with van der Waals surface area (Å²) >= 11 is 0. The lowest BCUT2D eigenvalue weighted by atomic mass is 10.0. The van der Waals surface area contributed by atoms with Gasteiger partial charge in [0, 0.05) is 32.5 Å². The lowest BCUT2D eigenvalue weighted by Gasteiger charge is -2.35. The van der Waals surface area contributed by atoms with E-state index in [2.05, 4.69) is 39.2 Å². The first-order chi connectivity index (χ1) is 14.7. The van der Waals surface area contributed by atoms with Crippen LogP contribution in [0.25, 0.3) is 5.69 Å². The largest absolute Gasteiger partial charge is 0.370 e. The molecule has 1 N–H and O–H groups in total. The Bertz CT molecular complexity index is 1020. The van der Waals surface area contributed by atoms with Crippen LogP contribution in [0.2, 0.25) is 0 Å². The Hall–Kier alpha value is -3.19. The highest BCUT2D eigenvalue weighted by molar-refractivity contribution is 5.80. The number of rotatable bonds is 4. The van der Waals surface area contributed by atoms with E-state index in [9.17, 15) is 4.39 Å². The van der Waals surface area contributed by atoms with Gasteiger partial charge in [-0.25, -0.2) is 9.37 Å². The molecule has 1 aliphatic heterocycles. The average molecular weight is 407 g/mol. The standard InChI is InChI=1S/C23H26FN5O/c1-17-5-3-4-6-19(17)22-15-28(11-12-30-22)23(25-2)27-14-18-7-8-21(20(24)13-18)29-10-9-26-16-29/h3-10,13,16,22H,11-12,14-15H2,1-2H3,(H,25,27). The zero-order chi connectivity index (χ0) is 20.9. The maximum absolute atomic E-state index is 14.5. The third-order valence-electron chi connectivity index (χ3n) is 5.36. The molecule has 4 rings (SSSR count). The number of halogens is 1. The van der Waals surface area contributed by atoms with E-state index in [1.165, 1.54) is 11.1 Å². The Kier molecular flexibility index (Phi) is 6.09. The molecule has 30 heavy (non-hydrogen) atoms. The second-order valence-corrected chi connectivity index (χ2v) is 7.32. The van der Waals surface area contributed by atoms with Crippen LogP contribution in [0.15, 0.2) is 66.2 Å². The van der Waals surface area contributed by atoms with Crippen LogP contribution in [0.1, 0.15) is 22.8 Å². The normalized spacial score (nSPS) is 17.2. The van der Waals surface area contributed by atoms with Crippen molar-refractivity contribution >= 4 is 5.96 Å². The number of aliphatic imine (C=N–C) groups is 1. The highest BCUT2D eigenvalue weighted by Gasteiger charge is 2.25. The van der Waals surface area contributed by atoms with Gasteiger partial charge in [-0.2, -0.15) is 0 Å². The summed E-state index contributed by atoms with van der Waals surface area (Å²) < 4.78 is 22.2. The molecule has 1 unspecified atom stereocenters. The summed E-state index contributed by atoms with van der Waals surface area (Å²) in [7, 11) is 1.77. The van der Waals surface area contributed by atoms with Crippen LogP contribution in [0.5, 0.6) is 0 Å².